The molecule has 0 aromatic rings. The van der Waals surface area contributed by atoms with Crippen molar-refractivity contribution < 1.29 is 0 Å². The predicted molar refractivity (Wildman–Crippen MR) is 52.0 cm³/mol. The van der Waals surface area contributed by atoms with Crippen LogP contribution in [0, 0.1) is 11.3 Å². The van der Waals surface area contributed by atoms with Crippen LogP contribution in [0.1, 0.15) is 13.3 Å². The lowest BCUT2D eigenvalue weighted by molar-refractivity contribution is 0.0527. The second-order valence-corrected chi connectivity index (χ2v) is 4.42. The minimum absolute atomic E-state index is 0.446. The van der Waals surface area contributed by atoms with E-state index in [0.717, 1.165) is 5.92 Å². The first kappa shape index (κ1) is 8.06. The van der Waals surface area contributed by atoms with Gasteiger partial charge in [-0.1, -0.05) is 31.2 Å². The van der Waals surface area contributed by atoms with Crippen LogP contribution in [0.4, 0.5) is 0 Å². The van der Waals surface area contributed by atoms with E-state index in [4.69, 9.17) is 0 Å². The Morgan fingerprint density at radius 1 is 1.33 bits per heavy atom. The molecule has 1 saturated heterocycles. The first-order valence-corrected chi connectivity index (χ1v) is 4.74. The van der Waals surface area contributed by atoms with Crippen molar-refractivity contribution in [1.82, 2.24) is 4.90 Å². The third-order valence-electron chi connectivity index (χ3n) is 3.28. The molecule has 0 bridgehead atoms. The maximum absolute atomic E-state index is 2.39. The lowest BCUT2D eigenvalue weighted by atomic mass is 9.69. The number of nitrogens with zero attached hydrogens (tertiary/aromatic N) is 1. The highest BCUT2D eigenvalue weighted by atomic mass is 15.2. The van der Waals surface area contributed by atoms with Crippen molar-refractivity contribution in [3.8, 4) is 0 Å². The Morgan fingerprint density at radius 3 is 2.58 bits per heavy atom. The molecule has 1 aliphatic heterocycles. The first-order valence-electron chi connectivity index (χ1n) is 4.74. The molecule has 0 N–H and O–H groups in total. The van der Waals surface area contributed by atoms with E-state index in [1.165, 1.54) is 19.5 Å². The van der Waals surface area contributed by atoms with E-state index in [9.17, 15) is 0 Å². The summed E-state index contributed by atoms with van der Waals surface area (Å²) in [4.78, 5) is 2.39. The van der Waals surface area contributed by atoms with Gasteiger partial charge in [-0.3, -0.25) is 0 Å². The second kappa shape index (κ2) is 2.74. The van der Waals surface area contributed by atoms with E-state index in [1.807, 2.05) is 0 Å². The van der Waals surface area contributed by atoms with Gasteiger partial charge in [-0.15, -0.1) is 0 Å². The fourth-order valence-corrected chi connectivity index (χ4v) is 2.16. The zero-order chi connectivity index (χ0) is 8.60. The van der Waals surface area contributed by atoms with Crippen molar-refractivity contribution in [3.63, 3.8) is 0 Å². The van der Waals surface area contributed by atoms with Crippen molar-refractivity contribution in [3.05, 3.63) is 24.3 Å². The standard InChI is InChI=1S/C11H17N/c1-11(6-4-3-5-7-11)10-8-12(2)9-10/h3-6,10H,7-9H2,1-2H3. The SMILES string of the molecule is CN1CC(C2(C)C=CC=CC2)C1. The molecule has 2 rings (SSSR count). The van der Waals surface area contributed by atoms with Crippen LogP contribution in [0.3, 0.4) is 0 Å². The quantitative estimate of drug-likeness (QED) is 0.572. The van der Waals surface area contributed by atoms with Crippen LogP contribution in [-0.4, -0.2) is 25.0 Å². The normalized spacial score (nSPS) is 36.8. The van der Waals surface area contributed by atoms with Crippen molar-refractivity contribution in [2.24, 2.45) is 11.3 Å². The summed E-state index contributed by atoms with van der Waals surface area (Å²) in [5.41, 5.74) is 0.446. The number of hydrogen-bond acceptors (Lipinski definition) is 1. The number of rotatable bonds is 1. The summed E-state index contributed by atoms with van der Waals surface area (Å²) >= 11 is 0. The maximum Gasteiger partial charge on any atom is 0.00273 e. The van der Waals surface area contributed by atoms with Crippen LogP contribution in [0.5, 0.6) is 0 Å². The third-order valence-corrected chi connectivity index (χ3v) is 3.28. The zero-order valence-electron chi connectivity index (χ0n) is 7.96. The largest absolute Gasteiger partial charge is 0.306 e. The summed E-state index contributed by atoms with van der Waals surface area (Å²) in [6, 6.07) is 0. The topological polar surface area (TPSA) is 3.24 Å². The van der Waals surface area contributed by atoms with E-state index < -0.39 is 0 Å². The monoisotopic (exact) mass is 163 g/mol. The van der Waals surface area contributed by atoms with Crippen LogP contribution in [0.15, 0.2) is 24.3 Å². The van der Waals surface area contributed by atoms with Crippen molar-refractivity contribution in [2.45, 2.75) is 13.3 Å². The number of likely N-dealkylation sites (tertiary alicyclic amines) is 1. The van der Waals surface area contributed by atoms with Gasteiger partial charge in [-0.05, 0) is 24.8 Å². The Labute approximate surface area is 74.8 Å². The van der Waals surface area contributed by atoms with Crippen molar-refractivity contribution >= 4 is 0 Å². The highest BCUT2D eigenvalue weighted by molar-refractivity contribution is 5.18. The van der Waals surface area contributed by atoms with E-state index in [1.54, 1.807) is 0 Å². The average molecular weight is 163 g/mol. The van der Waals surface area contributed by atoms with Gasteiger partial charge >= 0.3 is 0 Å². The molecule has 1 atom stereocenters. The molecule has 2 aliphatic rings. The van der Waals surface area contributed by atoms with Crippen molar-refractivity contribution in [2.75, 3.05) is 20.1 Å². The molecule has 12 heavy (non-hydrogen) atoms. The van der Waals surface area contributed by atoms with Gasteiger partial charge in [-0.25, -0.2) is 0 Å². The van der Waals surface area contributed by atoms with Crippen LogP contribution < -0.4 is 0 Å². The van der Waals surface area contributed by atoms with Gasteiger partial charge in [-0.2, -0.15) is 0 Å². The Kier molecular flexibility index (Phi) is 1.84. The molecule has 1 heterocycles. The minimum Gasteiger partial charge on any atom is -0.306 e. The molecule has 66 valence electrons. The molecule has 1 unspecified atom stereocenters. The Hall–Kier alpha value is -0.560. The fourth-order valence-electron chi connectivity index (χ4n) is 2.16. The molecule has 1 heteroatoms. The van der Waals surface area contributed by atoms with E-state index >= 15 is 0 Å². The van der Waals surface area contributed by atoms with E-state index in [-0.39, 0.29) is 0 Å². The molecular formula is C11H17N. The molecule has 0 spiro atoms. The summed E-state index contributed by atoms with van der Waals surface area (Å²) in [6.07, 6.45) is 10.2. The molecule has 0 saturated carbocycles. The highest BCUT2D eigenvalue weighted by Gasteiger charge is 2.38. The van der Waals surface area contributed by atoms with Crippen molar-refractivity contribution in [1.29, 1.82) is 0 Å². The molecule has 1 aliphatic carbocycles. The minimum atomic E-state index is 0.446. The van der Waals surface area contributed by atoms with Gasteiger partial charge in [0.2, 0.25) is 0 Å². The van der Waals surface area contributed by atoms with Gasteiger partial charge in [0.1, 0.15) is 0 Å². The van der Waals surface area contributed by atoms with E-state index in [2.05, 4.69) is 43.2 Å². The maximum atomic E-state index is 2.39. The average Bonchev–Trinajstić information content (AvgIpc) is 2.00. The Bertz CT molecular complexity index is 223. The second-order valence-electron chi connectivity index (χ2n) is 4.42. The summed E-state index contributed by atoms with van der Waals surface area (Å²) in [6.45, 7) is 4.92. The van der Waals surface area contributed by atoms with Gasteiger partial charge in [0.25, 0.3) is 0 Å². The van der Waals surface area contributed by atoms with Gasteiger partial charge < -0.3 is 4.90 Å². The van der Waals surface area contributed by atoms with Gasteiger partial charge in [0.15, 0.2) is 0 Å². The summed E-state index contributed by atoms with van der Waals surface area (Å²) < 4.78 is 0. The summed E-state index contributed by atoms with van der Waals surface area (Å²) in [7, 11) is 2.20. The molecule has 1 fully saturated rings. The number of allylic oxidation sites excluding steroid dienone is 4. The van der Waals surface area contributed by atoms with Gasteiger partial charge in [0.05, 0.1) is 0 Å². The van der Waals surface area contributed by atoms with Gasteiger partial charge in [0, 0.05) is 13.1 Å². The molecule has 0 amide bonds. The lowest BCUT2D eigenvalue weighted by Crippen LogP contribution is -2.51. The lowest BCUT2D eigenvalue weighted by Gasteiger charge is -2.47. The molecule has 1 nitrogen and oxygen atoms in total. The smallest absolute Gasteiger partial charge is 0.00273 e. The highest BCUT2D eigenvalue weighted by Crippen LogP contribution is 2.39. The third kappa shape index (κ3) is 1.22. The summed E-state index contributed by atoms with van der Waals surface area (Å²) in [5.74, 6) is 0.878. The number of hydrogen-bond donors (Lipinski definition) is 0. The zero-order valence-corrected chi connectivity index (χ0v) is 7.96. The predicted octanol–water partition coefficient (Wildman–Crippen LogP) is 2.07. The van der Waals surface area contributed by atoms with Crippen LogP contribution in [0.2, 0.25) is 0 Å². The van der Waals surface area contributed by atoms with Crippen LogP contribution in [0.25, 0.3) is 0 Å². The van der Waals surface area contributed by atoms with Crippen LogP contribution >= 0.6 is 0 Å². The molecule has 0 radical (unpaired) electrons. The first-order chi connectivity index (χ1) is 5.71. The Morgan fingerprint density at radius 2 is 2.08 bits per heavy atom. The van der Waals surface area contributed by atoms with Crippen LogP contribution in [-0.2, 0) is 0 Å². The Balaban J connectivity index is 2.02. The molecule has 0 aromatic carbocycles. The summed E-state index contributed by atoms with van der Waals surface area (Å²) in [5, 5.41) is 0. The van der Waals surface area contributed by atoms with E-state index in [0.29, 0.717) is 5.41 Å². The molecule has 0 aromatic heterocycles. The molecular weight excluding hydrogens is 146 g/mol. The fraction of sp³-hybridized carbons (Fsp3) is 0.636.